The zero-order chi connectivity index (χ0) is 8.39. The van der Waals surface area contributed by atoms with Crippen LogP contribution in [0.1, 0.15) is 11.3 Å². The zero-order valence-corrected chi connectivity index (χ0v) is 7.86. The number of nitrogens with zero attached hydrogens (tertiary/aromatic N) is 1. The first-order chi connectivity index (χ1) is 5.86. The summed E-state index contributed by atoms with van der Waals surface area (Å²) in [6.45, 7) is 2.86. The molecule has 1 aromatic heterocycles. The highest BCUT2D eigenvalue weighted by Gasteiger charge is 2.17. The number of nitrogens with one attached hydrogen (secondary N) is 1. The van der Waals surface area contributed by atoms with E-state index in [9.17, 15) is 0 Å². The second kappa shape index (κ2) is 3.49. The molecule has 1 aliphatic heterocycles. The number of hydrogen-bond acceptors (Lipinski definition) is 4. The maximum Gasteiger partial charge on any atom is 0.128 e. The van der Waals surface area contributed by atoms with Crippen molar-refractivity contribution >= 4 is 11.8 Å². The third-order valence-corrected chi connectivity index (χ3v) is 3.34. The van der Waals surface area contributed by atoms with E-state index >= 15 is 0 Å². The molecule has 0 spiro atoms. The highest BCUT2D eigenvalue weighted by Crippen LogP contribution is 2.17. The predicted octanol–water partition coefficient (Wildman–Crippen LogP) is 1.19. The van der Waals surface area contributed by atoms with Gasteiger partial charge in [0, 0.05) is 29.7 Å². The van der Waals surface area contributed by atoms with Gasteiger partial charge in [-0.3, -0.25) is 0 Å². The molecule has 12 heavy (non-hydrogen) atoms. The first-order valence-electron chi connectivity index (χ1n) is 4.07. The molecular formula is C8H12N2OS. The number of thioether (sulfide) groups is 1. The van der Waals surface area contributed by atoms with E-state index in [1.807, 2.05) is 18.7 Å². The molecule has 0 aromatic carbocycles. The Hall–Kier alpha value is -0.480. The van der Waals surface area contributed by atoms with Crippen LogP contribution in [-0.4, -0.2) is 22.7 Å². The fourth-order valence-corrected chi connectivity index (χ4v) is 1.80. The van der Waals surface area contributed by atoms with Crippen LogP contribution in [0.25, 0.3) is 0 Å². The fourth-order valence-electron chi connectivity index (χ4n) is 1.09. The van der Waals surface area contributed by atoms with Crippen molar-refractivity contribution in [2.45, 2.75) is 19.5 Å². The normalized spacial score (nSPS) is 17.8. The minimum absolute atomic E-state index is 0.698. The molecule has 0 amide bonds. The van der Waals surface area contributed by atoms with E-state index in [2.05, 4.69) is 10.5 Å². The molecule has 1 aromatic rings. The smallest absolute Gasteiger partial charge is 0.128 e. The van der Waals surface area contributed by atoms with Crippen molar-refractivity contribution in [3.8, 4) is 0 Å². The van der Waals surface area contributed by atoms with Crippen molar-refractivity contribution in [3.05, 3.63) is 17.5 Å². The topological polar surface area (TPSA) is 38.1 Å². The quantitative estimate of drug-likeness (QED) is 0.765. The summed E-state index contributed by atoms with van der Waals surface area (Å²) in [4.78, 5) is 0. The summed E-state index contributed by atoms with van der Waals surface area (Å²) in [5, 5.41) is 7.26. The summed E-state index contributed by atoms with van der Waals surface area (Å²) in [6, 6.07) is 0.698. The van der Waals surface area contributed by atoms with Crippen molar-refractivity contribution in [2.75, 3.05) is 11.5 Å². The molecule has 1 saturated heterocycles. The van der Waals surface area contributed by atoms with E-state index in [0.717, 1.165) is 12.2 Å². The summed E-state index contributed by atoms with van der Waals surface area (Å²) < 4.78 is 4.83. The second-order valence-electron chi connectivity index (χ2n) is 3.04. The van der Waals surface area contributed by atoms with Crippen LogP contribution in [0.4, 0.5) is 0 Å². The van der Waals surface area contributed by atoms with Crippen molar-refractivity contribution in [1.82, 2.24) is 10.5 Å². The van der Waals surface area contributed by atoms with Crippen LogP contribution in [0.5, 0.6) is 0 Å². The average Bonchev–Trinajstić information content (AvgIpc) is 2.33. The van der Waals surface area contributed by atoms with Gasteiger partial charge in [0.05, 0.1) is 5.69 Å². The first-order valence-corrected chi connectivity index (χ1v) is 5.22. The minimum atomic E-state index is 0.698. The van der Waals surface area contributed by atoms with Gasteiger partial charge in [0.15, 0.2) is 0 Å². The van der Waals surface area contributed by atoms with Crippen LogP contribution < -0.4 is 5.32 Å². The average molecular weight is 184 g/mol. The Kier molecular flexibility index (Phi) is 2.37. The van der Waals surface area contributed by atoms with Gasteiger partial charge in [-0.15, -0.1) is 0 Å². The molecule has 1 aliphatic rings. The maximum atomic E-state index is 4.83. The largest absolute Gasteiger partial charge is 0.364 e. The highest BCUT2D eigenvalue weighted by atomic mass is 32.2. The number of aromatic nitrogens is 1. The van der Waals surface area contributed by atoms with Gasteiger partial charge in [0.1, 0.15) is 6.26 Å². The highest BCUT2D eigenvalue weighted by molar-refractivity contribution is 8.00. The van der Waals surface area contributed by atoms with Gasteiger partial charge in [-0.05, 0) is 6.92 Å². The monoisotopic (exact) mass is 184 g/mol. The lowest BCUT2D eigenvalue weighted by Gasteiger charge is -2.25. The van der Waals surface area contributed by atoms with Crippen LogP contribution in [0, 0.1) is 6.92 Å². The SMILES string of the molecule is Cc1nocc1CNC1CSC1. The lowest BCUT2D eigenvalue weighted by Crippen LogP contribution is -2.39. The Morgan fingerprint density at radius 1 is 1.75 bits per heavy atom. The minimum Gasteiger partial charge on any atom is -0.364 e. The van der Waals surface area contributed by atoms with Crippen LogP contribution in [0.2, 0.25) is 0 Å². The molecule has 1 N–H and O–H groups in total. The predicted molar refractivity (Wildman–Crippen MR) is 49.2 cm³/mol. The lowest BCUT2D eigenvalue weighted by atomic mass is 10.2. The Morgan fingerprint density at radius 3 is 3.08 bits per heavy atom. The van der Waals surface area contributed by atoms with E-state index in [-0.39, 0.29) is 0 Å². The Morgan fingerprint density at radius 2 is 2.58 bits per heavy atom. The molecule has 0 aliphatic carbocycles. The third-order valence-electron chi connectivity index (χ3n) is 2.07. The molecule has 0 atom stereocenters. The fraction of sp³-hybridized carbons (Fsp3) is 0.625. The Balaban J connectivity index is 1.82. The Bertz CT molecular complexity index is 257. The lowest BCUT2D eigenvalue weighted by molar-refractivity contribution is 0.414. The molecule has 2 heterocycles. The number of aryl methyl sites for hydroxylation is 1. The number of rotatable bonds is 3. The maximum absolute atomic E-state index is 4.83. The first kappa shape index (κ1) is 8.13. The van der Waals surface area contributed by atoms with Crippen molar-refractivity contribution in [2.24, 2.45) is 0 Å². The molecular weight excluding hydrogens is 172 g/mol. The summed E-state index contributed by atoms with van der Waals surface area (Å²) in [5.41, 5.74) is 2.17. The van der Waals surface area contributed by atoms with Crippen LogP contribution in [0.15, 0.2) is 10.8 Å². The molecule has 0 bridgehead atoms. The van der Waals surface area contributed by atoms with Gasteiger partial charge in [-0.2, -0.15) is 11.8 Å². The van der Waals surface area contributed by atoms with E-state index < -0.39 is 0 Å². The molecule has 4 heteroatoms. The standard InChI is InChI=1S/C8H12N2OS/c1-6-7(3-11-10-6)2-9-8-4-12-5-8/h3,8-9H,2,4-5H2,1H3. The zero-order valence-electron chi connectivity index (χ0n) is 7.04. The van der Waals surface area contributed by atoms with Crippen LogP contribution >= 0.6 is 11.8 Å². The summed E-state index contributed by atoms with van der Waals surface area (Å²) >= 11 is 1.98. The summed E-state index contributed by atoms with van der Waals surface area (Å²) in [6.07, 6.45) is 1.72. The van der Waals surface area contributed by atoms with E-state index in [1.54, 1.807) is 6.26 Å². The molecule has 66 valence electrons. The van der Waals surface area contributed by atoms with E-state index in [0.29, 0.717) is 6.04 Å². The summed E-state index contributed by atoms with van der Waals surface area (Å²) in [7, 11) is 0. The van der Waals surface area contributed by atoms with Crippen LogP contribution in [-0.2, 0) is 6.54 Å². The molecule has 2 rings (SSSR count). The molecule has 0 unspecified atom stereocenters. The summed E-state index contributed by atoms with van der Waals surface area (Å²) in [5.74, 6) is 2.48. The number of hydrogen-bond donors (Lipinski definition) is 1. The Labute approximate surface area is 75.9 Å². The van der Waals surface area contributed by atoms with E-state index in [4.69, 9.17) is 4.52 Å². The van der Waals surface area contributed by atoms with Crippen molar-refractivity contribution in [1.29, 1.82) is 0 Å². The van der Waals surface area contributed by atoms with Gasteiger partial charge >= 0.3 is 0 Å². The van der Waals surface area contributed by atoms with Gasteiger partial charge < -0.3 is 9.84 Å². The molecule has 0 saturated carbocycles. The molecule has 3 nitrogen and oxygen atoms in total. The second-order valence-corrected chi connectivity index (χ2v) is 4.12. The van der Waals surface area contributed by atoms with E-state index in [1.165, 1.54) is 17.1 Å². The van der Waals surface area contributed by atoms with Crippen molar-refractivity contribution in [3.63, 3.8) is 0 Å². The van der Waals surface area contributed by atoms with Gasteiger partial charge in [0.2, 0.25) is 0 Å². The van der Waals surface area contributed by atoms with Gasteiger partial charge in [-0.25, -0.2) is 0 Å². The van der Waals surface area contributed by atoms with Crippen LogP contribution in [0.3, 0.4) is 0 Å². The van der Waals surface area contributed by atoms with Gasteiger partial charge in [0.25, 0.3) is 0 Å². The van der Waals surface area contributed by atoms with Gasteiger partial charge in [-0.1, -0.05) is 5.16 Å². The van der Waals surface area contributed by atoms with Crippen molar-refractivity contribution < 1.29 is 4.52 Å². The molecule has 0 radical (unpaired) electrons. The third kappa shape index (κ3) is 1.64. The molecule has 1 fully saturated rings.